The summed E-state index contributed by atoms with van der Waals surface area (Å²) < 4.78 is 11.4. The van der Waals surface area contributed by atoms with Gasteiger partial charge in [-0.05, 0) is 66.7 Å². The summed E-state index contributed by atoms with van der Waals surface area (Å²) >= 11 is 1.79. The van der Waals surface area contributed by atoms with Crippen molar-refractivity contribution in [3.05, 3.63) is 146 Å². The SMILES string of the molecule is c1ccc(-n2c3ccccc3c3c2ccc2c4c5oc6ccccc6c5ccc4n(-c4nc5c6c(cccc6n4)Sc4ccccc4-5)c23)cc1. The minimum Gasteiger partial charge on any atom is -0.455 e. The second kappa shape index (κ2) is 9.62. The lowest BCUT2D eigenvalue weighted by Gasteiger charge is -2.20. The molecule has 0 radical (unpaired) electrons. The maximum atomic E-state index is 6.72. The van der Waals surface area contributed by atoms with Gasteiger partial charge in [0, 0.05) is 53.4 Å². The molecule has 4 aromatic heterocycles. The van der Waals surface area contributed by atoms with Crippen LogP contribution in [0, 0.1) is 0 Å². The molecule has 0 aliphatic carbocycles. The van der Waals surface area contributed by atoms with Gasteiger partial charge in [0.2, 0.25) is 5.95 Å². The monoisotopic (exact) mass is 656 g/mol. The second-order valence-corrected chi connectivity index (χ2v) is 14.0. The molecule has 5 heterocycles. The third kappa shape index (κ3) is 3.38. The van der Waals surface area contributed by atoms with Gasteiger partial charge < -0.3 is 8.98 Å². The van der Waals surface area contributed by atoms with E-state index in [1.54, 1.807) is 11.8 Å². The first kappa shape index (κ1) is 26.6. The first-order valence-corrected chi connectivity index (χ1v) is 17.6. The molecule has 232 valence electrons. The number of fused-ring (bicyclic) bond motifs is 13. The Kier molecular flexibility index (Phi) is 5.11. The molecule has 0 saturated carbocycles. The summed E-state index contributed by atoms with van der Waals surface area (Å²) in [5, 5.41) is 7.82. The van der Waals surface area contributed by atoms with Crippen molar-refractivity contribution in [3.63, 3.8) is 0 Å². The highest BCUT2D eigenvalue weighted by Gasteiger charge is 2.27. The normalized spacial score (nSPS) is 12.7. The Labute approximate surface area is 289 Å². The van der Waals surface area contributed by atoms with Gasteiger partial charge in [-0.15, -0.1) is 0 Å². The summed E-state index contributed by atoms with van der Waals surface area (Å²) in [5.41, 5.74) is 10.3. The molecule has 0 amide bonds. The highest BCUT2D eigenvalue weighted by atomic mass is 32.2. The van der Waals surface area contributed by atoms with E-state index in [4.69, 9.17) is 14.4 Å². The van der Waals surface area contributed by atoms with E-state index in [9.17, 15) is 0 Å². The first-order valence-electron chi connectivity index (χ1n) is 16.8. The van der Waals surface area contributed by atoms with Crippen LogP contribution < -0.4 is 0 Å². The van der Waals surface area contributed by atoms with E-state index < -0.39 is 0 Å². The van der Waals surface area contributed by atoms with Crippen LogP contribution in [0.1, 0.15) is 0 Å². The number of para-hydroxylation sites is 3. The van der Waals surface area contributed by atoms with Crippen LogP contribution in [0.3, 0.4) is 0 Å². The summed E-state index contributed by atoms with van der Waals surface area (Å²) in [5.74, 6) is 0.644. The Morgan fingerprint density at radius 2 is 1.22 bits per heavy atom. The molecular weight excluding hydrogens is 633 g/mol. The van der Waals surface area contributed by atoms with E-state index in [2.05, 4.69) is 149 Å². The lowest BCUT2D eigenvalue weighted by atomic mass is 10.1. The third-order valence-corrected chi connectivity index (χ3v) is 11.5. The van der Waals surface area contributed by atoms with Crippen LogP contribution in [0.5, 0.6) is 0 Å². The van der Waals surface area contributed by atoms with Gasteiger partial charge in [0.05, 0.1) is 38.7 Å². The van der Waals surface area contributed by atoms with E-state index in [1.165, 1.54) is 15.2 Å². The Hall–Kier alpha value is -6.37. The Morgan fingerprint density at radius 3 is 2.14 bits per heavy atom. The summed E-state index contributed by atoms with van der Waals surface area (Å²) in [6.07, 6.45) is 0. The summed E-state index contributed by atoms with van der Waals surface area (Å²) in [7, 11) is 0. The van der Waals surface area contributed by atoms with Crippen molar-refractivity contribution in [2.75, 3.05) is 0 Å². The number of benzene rings is 7. The fourth-order valence-corrected chi connectivity index (χ4v) is 9.38. The zero-order valence-electron chi connectivity index (χ0n) is 26.5. The van der Waals surface area contributed by atoms with Gasteiger partial charge in [-0.2, -0.15) is 0 Å². The molecule has 0 saturated heterocycles. The molecule has 0 bridgehead atoms. The van der Waals surface area contributed by atoms with Crippen LogP contribution in [0.2, 0.25) is 0 Å². The standard InChI is InChI=1S/C44H24N4OS/c1-2-11-25(12-3-1)47-32-17-7-4-14-28(32)38-33(47)24-22-30-39-34(23-21-27-26-13-5-8-18-35(26)49-43(27)39)48(42(30)38)44-45-31-16-10-20-37-40(31)41(46-44)29-15-6-9-19-36(29)50-37/h1-24H. The molecule has 0 fully saturated rings. The fraction of sp³-hybridized carbons (Fsp3) is 0. The highest BCUT2D eigenvalue weighted by Crippen LogP contribution is 2.48. The number of rotatable bonds is 2. The molecule has 0 atom stereocenters. The minimum atomic E-state index is 0.644. The van der Waals surface area contributed by atoms with Crippen LogP contribution in [0.4, 0.5) is 0 Å². The lowest BCUT2D eigenvalue weighted by molar-refractivity contribution is 0.673. The van der Waals surface area contributed by atoms with Gasteiger partial charge in [0.1, 0.15) is 11.2 Å². The van der Waals surface area contributed by atoms with Gasteiger partial charge in [-0.1, -0.05) is 90.6 Å². The van der Waals surface area contributed by atoms with Crippen LogP contribution in [0.25, 0.3) is 99.3 Å². The zero-order valence-corrected chi connectivity index (χ0v) is 27.3. The molecule has 0 N–H and O–H groups in total. The van der Waals surface area contributed by atoms with Crippen molar-refractivity contribution in [1.29, 1.82) is 0 Å². The number of nitrogens with zero attached hydrogens (tertiary/aromatic N) is 4. The molecule has 1 aliphatic rings. The largest absolute Gasteiger partial charge is 0.455 e. The average Bonchev–Trinajstić information content (AvgIpc) is 3.83. The fourth-order valence-electron chi connectivity index (χ4n) is 8.27. The molecule has 6 heteroatoms. The third-order valence-electron chi connectivity index (χ3n) is 10.3. The quantitative estimate of drug-likeness (QED) is 0.186. The molecule has 1 aliphatic heterocycles. The van der Waals surface area contributed by atoms with E-state index in [0.717, 1.165) is 88.0 Å². The van der Waals surface area contributed by atoms with Gasteiger partial charge in [0.15, 0.2) is 0 Å². The van der Waals surface area contributed by atoms with Crippen molar-refractivity contribution in [3.8, 4) is 22.9 Å². The predicted octanol–water partition coefficient (Wildman–Crippen LogP) is 11.9. The van der Waals surface area contributed by atoms with Crippen molar-refractivity contribution >= 4 is 88.2 Å². The lowest BCUT2D eigenvalue weighted by Crippen LogP contribution is -2.05. The van der Waals surface area contributed by atoms with Crippen LogP contribution in [0.15, 0.2) is 160 Å². The van der Waals surface area contributed by atoms with Gasteiger partial charge in [0.25, 0.3) is 0 Å². The van der Waals surface area contributed by atoms with Gasteiger partial charge >= 0.3 is 0 Å². The molecule has 0 spiro atoms. The Bertz CT molecular complexity index is 3240. The van der Waals surface area contributed by atoms with Crippen LogP contribution in [-0.4, -0.2) is 19.1 Å². The molecule has 7 aromatic carbocycles. The van der Waals surface area contributed by atoms with E-state index in [0.29, 0.717) is 5.95 Å². The molecule has 12 rings (SSSR count). The highest BCUT2D eigenvalue weighted by molar-refractivity contribution is 7.99. The van der Waals surface area contributed by atoms with Gasteiger partial charge in [-0.3, -0.25) is 4.57 Å². The second-order valence-electron chi connectivity index (χ2n) is 12.9. The van der Waals surface area contributed by atoms with Crippen molar-refractivity contribution < 1.29 is 4.42 Å². The maximum Gasteiger partial charge on any atom is 0.235 e. The average molecular weight is 657 g/mol. The predicted molar refractivity (Wildman–Crippen MR) is 205 cm³/mol. The first-order chi connectivity index (χ1) is 24.8. The van der Waals surface area contributed by atoms with Crippen LogP contribution >= 0.6 is 11.8 Å². The molecule has 50 heavy (non-hydrogen) atoms. The Morgan fingerprint density at radius 1 is 0.480 bits per heavy atom. The topological polar surface area (TPSA) is 48.8 Å². The van der Waals surface area contributed by atoms with Crippen molar-refractivity contribution in [2.24, 2.45) is 0 Å². The maximum absolute atomic E-state index is 6.72. The van der Waals surface area contributed by atoms with Gasteiger partial charge in [-0.25, -0.2) is 9.97 Å². The molecular formula is C44H24N4OS. The summed E-state index contributed by atoms with van der Waals surface area (Å²) in [6.45, 7) is 0. The number of furan rings is 1. The molecule has 11 aromatic rings. The van der Waals surface area contributed by atoms with E-state index >= 15 is 0 Å². The zero-order chi connectivity index (χ0) is 32.5. The van der Waals surface area contributed by atoms with Crippen molar-refractivity contribution in [2.45, 2.75) is 9.79 Å². The molecule has 0 unspecified atom stereocenters. The number of aromatic nitrogens is 4. The number of hydrogen-bond donors (Lipinski definition) is 0. The van der Waals surface area contributed by atoms with E-state index in [-0.39, 0.29) is 0 Å². The minimum absolute atomic E-state index is 0.644. The van der Waals surface area contributed by atoms with Crippen molar-refractivity contribution in [1.82, 2.24) is 19.1 Å². The van der Waals surface area contributed by atoms with E-state index in [1.807, 2.05) is 6.07 Å². The van der Waals surface area contributed by atoms with Crippen LogP contribution in [-0.2, 0) is 0 Å². The summed E-state index contributed by atoms with van der Waals surface area (Å²) in [4.78, 5) is 13.2. The number of hydrogen-bond acceptors (Lipinski definition) is 4. The smallest absolute Gasteiger partial charge is 0.235 e. The molecule has 5 nitrogen and oxygen atoms in total. The summed E-state index contributed by atoms with van der Waals surface area (Å²) in [6, 6.07) is 51.5. The Balaban J connectivity index is 1.32.